The first-order chi connectivity index (χ1) is 79.2. The normalized spacial score (nSPS) is 12.8. The van der Waals surface area contributed by atoms with Gasteiger partial charge in [-0.2, -0.15) is 0 Å². The van der Waals surface area contributed by atoms with Crippen molar-refractivity contribution in [2.45, 2.75) is 0 Å². The van der Waals surface area contributed by atoms with Crippen LogP contribution >= 0.6 is 0 Å². The maximum atomic E-state index is 9.17. The molecule has 28 rings (SSSR count). The summed E-state index contributed by atoms with van der Waals surface area (Å²) >= 11 is 0. The Morgan fingerprint density at radius 2 is 0.322 bits per heavy atom. The maximum absolute atomic E-state index is 9.17. The van der Waals surface area contributed by atoms with Crippen LogP contribution in [0.5, 0.6) is 0 Å². The van der Waals surface area contributed by atoms with Gasteiger partial charge in [-0.15, -0.1) is 0 Å². The molecular weight excluding hydrogens is 1750 g/mol. The summed E-state index contributed by atoms with van der Waals surface area (Å²) in [5, 5.41) is 18.7. The molecule has 682 valence electrons. The van der Waals surface area contributed by atoms with Gasteiger partial charge in [0.2, 0.25) is 0 Å². The van der Waals surface area contributed by atoms with Gasteiger partial charge in [0.1, 0.15) is 0 Å². The standard InChI is InChI=1S/C42H28.2C36H24.C32H22/c1-3-12-29(13-4-1)35-24-25-39-40(28-35)41(31-15-5-2-6-16-31)37-20-9-10-21-38(37)42(39)36-19-11-18-33(27-36)34-23-22-30-14-7-8-17-32(30)26-34;1-3-13-25(14-4-1)27-23-24-34(29-18-8-7-17-28(27)29)36-32-21-11-9-19-30(32)35(26-15-5-2-6-16-26)31-20-10-12-22-33(31)36;1-3-12-25(13-4-1)28-22-23-33-34(24-28)36(30-21-11-17-26-14-7-8-18-29(26)30)32-20-10-9-19-31(32)35(33)27-15-5-2-6-16-27;1-3-11-23(12-4-1)24-19-21-26(22-20-24)32-29-17-9-7-15-27(29)31(25-13-5-2-6-14-25)28-16-8-10-18-30(28)32/h1-28H;2*1-24H;1-22H/i;9D,10D,11D,12D,19D,20D,21D,22D;;7D,8D,9D,10D,15D,16D,17D,18D. The number of fused-ring (bicyclic) bond motifs is 11. The summed E-state index contributed by atoms with van der Waals surface area (Å²) in [6.07, 6.45) is 0. The van der Waals surface area contributed by atoms with E-state index in [-0.39, 0.29) is 91.4 Å². The molecule has 0 heteroatoms. The first-order valence-corrected chi connectivity index (χ1v) is 49.2. The Hall–Kier alpha value is -19.0. The van der Waals surface area contributed by atoms with Gasteiger partial charge < -0.3 is 0 Å². The second-order valence-corrected chi connectivity index (χ2v) is 36.5. The molecule has 0 aromatic heterocycles. The van der Waals surface area contributed by atoms with Gasteiger partial charge >= 0.3 is 0 Å². The highest BCUT2D eigenvalue weighted by molar-refractivity contribution is 6.28. The lowest BCUT2D eigenvalue weighted by atomic mass is 9.84. The summed E-state index contributed by atoms with van der Waals surface area (Å²) < 4.78 is 141. The molecule has 0 saturated heterocycles. The Morgan fingerprint density at radius 1 is 0.0959 bits per heavy atom. The molecule has 0 heterocycles. The van der Waals surface area contributed by atoms with E-state index < -0.39 is 48.3 Å². The summed E-state index contributed by atoms with van der Waals surface area (Å²) in [5.41, 5.74) is 25.3. The molecule has 0 amide bonds. The molecule has 0 aliphatic rings. The molecule has 0 saturated carbocycles. The van der Waals surface area contributed by atoms with Crippen LogP contribution in [0.25, 0.3) is 263 Å². The second kappa shape index (κ2) is 39.6. The highest BCUT2D eigenvalue weighted by atomic mass is 14.3. The van der Waals surface area contributed by atoms with Crippen LogP contribution in [0.15, 0.2) is 594 Å². The smallest absolute Gasteiger partial charge is 0.0622 e. The highest BCUT2D eigenvalue weighted by Crippen LogP contribution is 2.52. The lowest BCUT2D eigenvalue weighted by Gasteiger charge is -2.19. The van der Waals surface area contributed by atoms with Crippen LogP contribution in [0, 0.1) is 0 Å². The molecule has 28 aromatic rings. The van der Waals surface area contributed by atoms with Gasteiger partial charge in [-0.25, -0.2) is 0 Å². The molecular formula is C146H98. The van der Waals surface area contributed by atoms with Crippen LogP contribution in [-0.2, 0) is 0 Å². The summed E-state index contributed by atoms with van der Waals surface area (Å²) in [6, 6.07) is 166. The van der Waals surface area contributed by atoms with Crippen molar-refractivity contribution in [3.8, 4) is 145 Å². The minimum atomic E-state index is -0.409. The van der Waals surface area contributed by atoms with Crippen LogP contribution in [0.1, 0.15) is 21.9 Å². The van der Waals surface area contributed by atoms with E-state index in [0.29, 0.717) is 44.5 Å². The first-order valence-electron chi connectivity index (χ1n) is 57.2. The first kappa shape index (κ1) is 72.3. The Morgan fingerprint density at radius 3 is 0.760 bits per heavy atom. The van der Waals surface area contributed by atoms with E-state index in [1.807, 2.05) is 133 Å². The zero-order valence-electron chi connectivity index (χ0n) is 95.3. The highest BCUT2D eigenvalue weighted by Gasteiger charge is 2.25. The summed E-state index contributed by atoms with van der Waals surface area (Å²) in [7, 11) is 0. The van der Waals surface area contributed by atoms with E-state index >= 15 is 0 Å². The molecule has 28 aromatic carbocycles. The van der Waals surface area contributed by atoms with E-state index in [1.165, 1.54) is 143 Å². The largest absolute Gasteiger partial charge is 0.0629 e. The lowest BCUT2D eigenvalue weighted by Crippen LogP contribution is -1.92. The average Bonchev–Trinajstić information content (AvgIpc) is 0.700. The van der Waals surface area contributed by atoms with Gasteiger partial charge in [0.25, 0.3) is 0 Å². The predicted molar refractivity (Wildman–Crippen MR) is 629 cm³/mol. The predicted octanol–water partition coefficient (Wildman–Crippen LogP) is 41.1. The van der Waals surface area contributed by atoms with Crippen LogP contribution < -0.4 is 0 Å². The number of hydrogen-bond acceptors (Lipinski definition) is 0. The van der Waals surface area contributed by atoms with E-state index in [0.717, 1.165) is 33.0 Å². The molecule has 0 nitrogen and oxygen atoms in total. The minimum absolute atomic E-state index is 0.213. The quantitative estimate of drug-likeness (QED) is 0.101. The molecule has 0 radical (unpaired) electrons. The van der Waals surface area contributed by atoms with Crippen molar-refractivity contribution in [1.82, 2.24) is 0 Å². The van der Waals surface area contributed by atoms with Crippen molar-refractivity contribution in [1.29, 1.82) is 0 Å². The number of rotatable bonds is 13. The van der Waals surface area contributed by atoms with Gasteiger partial charge in [0.05, 0.1) is 21.9 Å². The zero-order chi connectivity index (χ0) is 111. The van der Waals surface area contributed by atoms with Crippen LogP contribution in [0.2, 0.25) is 0 Å². The molecule has 0 unspecified atom stereocenters. The topological polar surface area (TPSA) is 0 Å². The van der Waals surface area contributed by atoms with Crippen molar-refractivity contribution < 1.29 is 21.9 Å². The van der Waals surface area contributed by atoms with Crippen molar-refractivity contribution in [3.63, 3.8) is 0 Å². The fourth-order valence-electron chi connectivity index (χ4n) is 21.5. The summed E-state index contributed by atoms with van der Waals surface area (Å²) in [4.78, 5) is 0. The van der Waals surface area contributed by atoms with Crippen LogP contribution in [0.4, 0.5) is 0 Å². The van der Waals surface area contributed by atoms with Gasteiger partial charge in [-0.05, 0) is 287 Å². The number of benzene rings is 28. The Bertz CT molecular complexity index is 10600. The van der Waals surface area contributed by atoms with Gasteiger partial charge in [-0.1, -0.05) is 570 Å². The lowest BCUT2D eigenvalue weighted by molar-refractivity contribution is 1.61. The number of hydrogen-bond donors (Lipinski definition) is 0. The molecule has 146 heavy (non-hydrogen) atoms. The molecule has 0 fully saturated rings. The molecule has 0 aliphatic carbocycles. The summed E-state index contributed by atoms with van der Waals surface area (Å²) in [6.45, 7) is 0. The van der Waals surface area contributed by atoms with Crippen molar-refractivity contribution in [2.75, 3.05) is 0 Å². The fraction of sp³-hybridized carbons (Fsp3) is 0. The molecule has 0 aliphatic heterocycles. The fourth-order valence-corrected chi connectivity index (χ4v) is 21.5. The Balaban J connectivity index is 0.000000110. The third-order valence-corrected chi connectivity index (χ3v) is 28.1. The SMILES string of the molecule is [2H]c1c([2H])c([2H])c2c(-c3ccc(-c4ccccc4)c4ccccc34)c3c([2H])c([2H])c([2H])c([2H])c3c(-c3ccccc3)c2c1[2H].[2H]c1c([2H])c([2H])c2c(-c3ccc(-c4ccccc4)cc3)c3c([2H])c([2H])c([2H])c([2H])c3c(-c3ccccc3)c2c1[2H].c1ccc(-c2ccc3c(-c4cccc(-c5ccc6ccccc6c5)c4)c4ccccc4c(-c4ccccc4)c3c2)cc1.c1ccc(-c2ccc3c(-c4ccccc4)c4ccccc4c(-c4cccc5ccccc45)c3c2)cc1. The van der Waals surface area contributed by atoms with Crippen LogP contribution in [0.3, 0.4) is 0 Å². The van der Waals surface area contributed by atoms with Gasteiger partial charge in [-0.3, -0.25) is 0 Å². The monoisotopic (exact) mass is 1870 g/mol. The third kappa shape index (κ3) is 16.8. The molecule has 0 N–H and O–H groups in total. The average molecular weight is 1870 g/mol. The minimum Gasteiger partial charge on any atom is -0.0622 e. The van der Waals surface area contributed by atoms with E-state index in [1.54, 1.807) is 48.5 Å². The summed E-state index contributed by atoms with van der Waals surface area (Å²) in [5.74, 6) is 0. The van der Waals surface area contributed by atoms with E-state index in [2.05, 4.69) is 315 Å². The molecule has 0 spiro atoms. The van der Waals surface area contributed by atoms with Crippen molar-refractivity contribution in [3.05, 3.63) is 594 Å². The van der Waals surface area contributed by atoms with Crippen LogP contribution in [-0.4, -0.2) is 0 Å². The molecule has 0 bridgehead atoms. The van der Waals surface area contributed by atoms with Gasteiger partial charge in [0, 0.05) is 0 Å². The molecule has 0 atom stereocenters. The Labute approximate surface area is 873 Å². The third-order valence-electron chi connectivity index (χ3n) is 28.1. The van der Waals surface area contributed by atoms with E-state index in [4.69, 9.17) is 19.2 Å². The maximum Gasteiger partial charge on any atom is 0.0629 e. The van der Waals surface area contributed by atoms with Crippen molar-refractivity contribution in [2.24, 2.45) is 0 Å². The van der Waals surface area contributed by atoms with Crippen molar-refractivity contribution >= 4 is 118 Å². The zero-order valence-corrected chi connectivity index (χ0v) is 79.3. The van der Waals surface area contributed by atoms with E-state index in [9.17, 15) is 2.74 Å². The second-order valence-electron chi connectivity index (χ2n) is 36.5. The van der Waals surface area contributed by atoms with Gasteiger partial charge in [0.15, 0.2) is 0 Å². The Kier molecular flexibility index (Phi) is 19.6.